The molecule has 0 radical (unpaired) electrons. The molecule has 2 aromatic heterocycles. The van der Waals surface area contributed by atoms with Gasteiger partial charge < -0.3 is 0 Å². The van der Waals surface area contributed by atoms with Crippen molar-refractivity contribution in [3.05, 3.63) is 57.1 Å². The number of hydrogen-bond acceptors (Lipinski definition) is 4. The molecule has 24 heavy (non-hydrogen) atoms. The average molecular weight is 352 g/mol. The smallest absolute Gasteiger partial charge is 0.138 e. The highest BCUT2D eigenvalue weighted by atomic mass is 35.5. The maximum absolute atomic E-state index is 9.50. The van der Waals surface area contributed by atoms with E-state index in [-0.39, 0.29) is 0 Å². The third-order valence-corrected chi connectivity index (χ3v) is 5.79. The van der Waals surface area contributed by atoms with E-state index in [1.54, 1.807) is 17.6 Å². The van der Waals surface area contributed by atoms with Crippen molar-refractivity contribution in [3.8, 4) is 6.07 Å². The predicted molar refractivity (Wildman–Crippen MR) is 99.7 cm³/mol. The maximum atomic E-state index is 9.50. The van der Waals surface area contributed by atoms with Gasteiger partial charge in [0.2, 0.25) is 0 Å². The van der Waals surface area contributed by atoms with Crippen molar-refractivity contribution < 1.29 is 0 Å². The van der Waals surface area contributed by atoms with Crippen molar-refractivity contribution in [1.82, 2.24) is 4.98 Å². The van der Waals surface area contributed by atoms with Crippen LogP contribution in [0, 0.1) is 11.3 Å². The van der Waals surface area contributed by atoms with E-state index in [9.17, 15) is 5.26 Å². The van der Waals surface area contributed by atoms with E-state index in [2.05, 4.69) is 16.0 Å². The molecule has 1 aliphatic carbocycles. The van der Waals surface area contributed by atoms with E-state index < -0.39 is 0 Å². The van der Waals surface area contributed by atoms with Gasteiger partial charge in [0.15, 0.2) is 0 Å². The van der Waals surface area contributed by atoms with Gasteiger partial charge in [-0.15, -0.1) is 11.3 Å². The van der Waals surface area contributed by atoms with Gasteiger partial charge in [-0.2, -0.15) is 5.26 Å². The summed E-state index contributed by atoms with van der Waals surface area (Å²) in [6, 6.07) is 12.2. The molecule has 0 atom stereocenters. The molecule has 0 unspecified atom stereocenters. The molecule has 118 valence electrons. The van der Waals surface area contributed by atoms with Crippen molar-refractivity contribution in [1.29, 1.82) is 5.26 Å². The lowest BCUT2D eigenvalue weighted by Crippen LogP contribution is -1.99. The molecule has 3 nitrogen and oxygen atoms in total. The second kappa shape index (κ2) is 6.35. The Morgan fingerprint density at radius 2 is 2.08 bits per heavy atom. The molecule has 0 bridgehead atoms. The third kappa shape index (κ3) is 2.71. The molecule has 0 aliphatic heterocycles. The van der Waals surface area contributed by atoms with Crippen molar-refractivity contribution >= 4 is 45.1 Å². The summed E-state index contributed by atoms with van der Waals surface area (Å²) >= 11 is 7.91. The van der Waals surface area contributed by atoms with Gasteiger partial charge in [-0.05, 0) is 43.4 Å². The molecule has 2 heterocycles. The summed E-state index contributed by atoms with van der Waals surface area (Å²) in [7, 11) is 0. The minimum atomic E-state index is 0.428. The number of fused-ring (bicyclic) bond motifs is 2. The molecule has 0 amide bonds. The summed E-state index contributed by atoms with van der Waals surface area (Å²) in [6.45, 7) is 0. The Morgan fingerprint density at radius 3 is 2.96 bits per heavy atom. The quantitative estimate of drug-likeness (QED) is 0.455. The zero-order chi connectivity index (χ0) is 16.5. The maximum Gasteiger partial charge on any atom is 0.138 e. The van der Waals surface area contributed by atoms with Crippen LogP contribution in [0.5, 0.6) is 0 Å². The third-order valence-electron chi connectivity index (χ3n) is 4.29. The van der Waals surface area contributed by atoms with E-state index in [0.717, 1.165) is 46.3 Å². The Bertz CT molecular complexity index is 998. The Morgan fingerprint density at radius 1 is 1.25 bits per heavy atom. The van der Waals surface area contributed by atoms with Gasteiger partial charge in [0.1, 0.15) is 16.2 Å². The molecule has 0 saturated carbocycles. The van der Waals surface area contributed by atoms with Gasteiger partial charge in [-0.3, -0.25) is 0 Å². The van der Waals surface area contributed by atoms with Gasteiger partial charge in [0.25, 0.3) is 0 Å². The van der Waals surface area contributed by atoms with Crippen molar-refractivity contribution in [2.24, 2.45) is 4.99 Å². The van der Waals surface area contributed by atoms with E-state index in [1.165, 1.54) is 16.9 Å². The van der Waals surface area contributed by atoms with Crippen LogP contribution in [0.4, 0.5) is 5.00 Å². The van der Waals surface area contributed by atoms with Gasteiger partial charge in [0.05, 0.1) is 11.1 Å². The second-order valence-electron chi connectivity index (χ2n) is 5.82. The SMILES string of the molecule is N#Cc1c(N=Cc2cc3ccccc3nc2Cl)sc2c1CCCC2. The summed E-state index contributed by atoms with van der Waals surface area (Å²) in [6.07, 6.45) is 6.12. The fourth-order valence-corrected chi connectivity index (χ4v) is 4.46. The number of nitriles is 1. The lowest BCUT2D eigenvalue weighted by molar-refractivity contribution is 0.696. The summed E-state index contributed by atoms with van der Waals surface area (Å²) in [5.74, 6) is 0. The minimum absolute atomic E-state index is 0.428. The molecule has 3 aromatic rings. The number of halogens is 1. The van der Waals surface area contributed by atoms with E-state index in [0.29, 0.717) is 5.15 Å². The molecule has 1 aromatic carbocycles. The molecule has 0 N–H and O–H groups in total. The highest BCUT2D eigenvalue weighted by Crippen LogP contribution is 2.39. The molecule has 0 fully saturated rings. The summed E-state index contributed by atoms with van der Waals surface area (Å²) in [4.78, 5) is 10.3. The number of thiophene rings is 1. The summed E-state index contributed by atoms with van der Waals surface area (Å²) in [5.41, 5.74) is 3.56. The highest BCUT2D eigenvalue weighted by Gasteiger charge is 2.20. The van der Waals surface area contributed by atoms with Gasteiger partial charge in [-0.1, -0.05) is 29.8 Å². The van der Waals surface area contributed by atoms with Crippen LogP contribution in [0.25, 0.3) is 10.9 Å². The number of benzene rings is 1. The van der Waals surface area contributed by atoms with E-state index in [1.807, 2.05) is 30.3 Å². The van der Waals surface area contributed by atoms with Gasteiger partial charge in [0, 0.05) is 22.0 Å². The first-order valence-electron chi connectivity index (χ1n) is 7.90. The molecular weight excluding hydrogens is 338 g/mol. The predicted octanol–water partition coefficient (Wildman–Crippen LogP) is 5.45. The molecule has 5 heteroatoms. The van der Waals surface area contributed by atoms with Crippen LogP contribution < -0.4 is 0 Å². The van der Waals surface area contributed by atoms with Crippen LogP contribution >= 0.6 is 22.9 Å². The Hall–Kier alpha value is -2.22. The zero-order valence-electron chi connectivity index (χ0n) is 12.9. The van der Waals surface area contributed by atoms with Crippen LogP contribution in [0.1, 0.15) is 34.4 Å². The molecule has 0 spiro atoms. The normalized spacial score (nSPS) is 14.0. The van der Waals surface area contributed by atoms with Crippen LogP contribution in [-0.4, -0.2) is 11.2 Å². The lowest BCUT2D eigenvalue weighted by Gasteiger charge is -2.09. The average Bonchev–Trinajstić information content (AvgIpc) is 2.97. The number of nitrogens with zero attached hydrogens (tertiary/aromatic N) is 3. The highest BCUT2D eigenvalue weighted by molar-refractivity contribution is 7.16. The van der Waals surface area contributed by atoms with Crippen LogP contribution in [0.2, 0.25) is 5.15 Å². The number of pyridine rings is 1. The van der Waals surface area contributed by atoms with E-state index >= 15 is 0 Å². The monoisotopic (exact) mass is 351 g/mol. The minimum Gasteiger partial charge on any atom is -0.244 e. The number of para-hydroxylation sites is 1. The van der Waals surface area contributed by atoms with Gasteiger partial charge in [-0.25, -0.2) is 9.98 Å². The first-order valence-corrected chi connectivity index (χ1v) is 9.09. The first kappa shape index (κ1) is 15.3. The number of hydrogen-bond donors (Lipinski definition) is 0. The van der Waals surface area contributed by atoms with E-state index in [4.69, 9.17) is 11.6 Å². The van der Waals surface area contributed by atoms with Crippen LogP contribution in [0.3, 0.4) is 0 Å². The largest absolute Gasteiger partial charge is 0.244 e. The van der Waals surface area contributed by atoms with Crippen LogP contribution in [0.15, 0.2) is 35.3 Å². The lowest BCUT2D eigenvalue weighted by atomic mass is 9.96. The van der Waals surface area contributed by atoms with Crippen molar-refractivity contribution in [3.63, 3.8) is 0 Å². The number of aromatic nitrogens is 1. The number of aliphatic imine (C=N–C) groups is 1. The second-order valence-corrected chi connectivity index (χ2v) is 7.26. The summed E-state index contributed by atoms with van der Waals surface area (Å²) in [5, 5.41) is 11.7. The fraction of sp³-hybridized carbons (Fsp3) is 0.211. The number of aryl methyl sites for hydroxylation is 1. The first-order chi connectivity index (χ1) is 11.8. The number of rotatable bonds is 2. The van der Waals surface area contributed by atoms with Gasteiger partial charge >= 0.3 is 0 Å². The van der Waals surface area contributed by atoms with Crippen LogP contribution in [-0.2, 0) is 12.8 Å². The van der Waals surface area contributed by atoms with Crippen molar-refractivity contribution in [2.75, 3.05) is 0 Å². The zero-order valence-corrected chi connectivity index (χ0v) is 14.5. The fourth-order valence-electron chi connectivity index (χ4n) is 3.09. The Balaban J connectivity index is 1.75. The standard InChI is InChI=1S/C19H14ClN3S/c20-18-13(9-12-5-1-3-7-16(12)23-18)11-22-19-15(10-21)14-6-2-4-8-17(14)24-19/h1,3,5,7,9,11H,2,4,6,8H2. The molecule has 1 aliphatic rings. The summed E-state index contributed by atoms with van der Waals surface area (Å²) < 4.78 is 0. The Labute approximate surface area is 149 Å². The topological polar surface area (TPSA) is 49.0 Å². The Kier molecular flexibility index (Phi) is 4.05. The molecular formula is C19H14ClN3S. The molecule has 4 rings (SSSR count). The van der Waals surface area contributed by atoms with Crippen molar-refractivity contribution in [2.45, 2.75) is 25.7 Å². The molecule has 0 saturated heterocycles.